The number of benzene rings is 2. The van der Waals surface area contributed by atoms with Crippen molar-refractivity contribution in [2.24, 2.45) is 0 Å². The van der Waals surface area contributed by atoms with Gasteiger partial charge in [0, 0.05) is 5.56 Å². The number of methoxy groups -OCH3 is 3. The van der Waals surface area contributed by atoms with Crippen molar-refractivity contribution in [2.45, 2.75) is 4.90 Å². The fourth-order valence-electron chi connectivity index (χ4n) is 3.15. The highest BCUT2D eigenvalue weighted by molar-refractivity contribution is 7.95. The van der Waals surface area contributed by atoms with Crippen molar-refractivity contribution in [1.29, 1.82) is 0 Å². The van der Waals surface area contributed by atoms with E-state index in [0.717, 1.165) is 5.56 Å². The highest BCUT2D eigenvalue weighted by Crippen LogP contribution is 2.44. The topological polar surface area (TPSA) is 84.0 Å². The Balaban J connectivity index is 1.79. The number of pyridine rings is 1. The van der Waals surface area contributed by atoms with Crippen molar-refractivity contribution >= 4 is 27.4 Å². The summed E-state index contributed by atoms with van der Waals surface area (Å²) < 4.78 is 34.7. The van der Waals surface area contributed by atoms with Gasteiger partial charge in [0.05, 0.1) is 48.1 Å². The fraction of sp³-hybridized carbons (Fsp3) is 0.130. The molecule has 0 N–H and O–H groups in total. The van der Waals surface area contributed by atoms with Gasteiger partial charge in [-0.05, 0) is 60.2 Å². The van der Waals surface area contributed by atoms with Crippen LogP contribution in [0.1, 0.15) is 21.6 Å². The number of aromatic nitrogens is 1. The molecule has 1 atom stereocenters. The molecule has 7 nitrogen and oxygen atoms in total. The first kappa shape index (κ1) is 20.6. The first-order valence-electron chi connectivity index (χ1n) is 9.26. The second-order valence-corrected chi connectivity index (χ2v) is 7.88. The number of nitrogens with zero attached hydrogens (tertiary/aromatic N) is 1. The second-order valence-electron chi connectivity index (χ2n) is 6.49. The molecule has 158 valence electrons. The molecule has 3 aromatic rings. The van der Waals surface area contributed by atoms with Gasteiger partial charge in [-0.1, -0.05) is 0 Å². The monoisotopic (exact) mass is 437 g/mol. The van der Waals surface area contributed by atoms with Gasteiger partial charge in [0.2, 0.25) is 0 Å². The zero-order valence-electron chi connectivity index (χ0n) is 17.1. The molecule has 31 heavy (non-hydrogen) atoms. The van der Waals surface area contributed by atoms with Gasteiger partial charge in [0.25, 0.3) is 0 Å². The molecule has 0 saturated heterocycles. The number of rotatable bonds is 6. The molecule has 0 bridgehead atoms. The summed E-state index contributed by atoms with van der Waals surface area (Å²) in [4.78, 5) is 16.8. The Bertz CT molecular complexity index is 1190. The number of hydrogen-bond acceptors (Lipinski definition) is 7. The lowest BCUT2D eigenvalue weighted by molar-refractivity contribution is 0.0594. The van der Waals surface area contributed by atoms with Crippen molar-refractivity contribution in [1.82, 2.24) is 4.98 Å². The number of ether oxygens (including phenoxy) is 4. The summed E-state index contributed by atoms with van der Waals surface area (Å²) in [7, 11) is 2.95. The van der Waals surface area contributed by atoms with E-state index in [2.05, 4.69) is 9.72 Å². The molecule has 1 aliphatic rings. The van der Waals surface area contributed by atoms with Crippen LogP contribution >= 0.6 is 0 Å². The molecule has 0 amide bonds. The van der Waals surface area contributed by atoms with Gasteiger partial charge in [-0.3, -0.25) is 0 Å². The summed E-state index contributed by atoms with van der Waals surface area (Å²) >= 11 is 0. The molecule has 8 heteroatoms. The van der Waals surface area contributed by atoms with Gasteiger partial charge in [-0.2, -0.15) is 0 Å². The maximum absolute atomic E-state index is 13.4. The number of hydrogen-bond donors (Lipinski definition) is 0. The van der Waals surface area contributed by atoms with Gasteiger partial charge in [-0.25, -0.2) is 14.0 Å². The minimum absolute atomic E-state index is 0.166. The highest BCUT2D eigenvalue weighted by Gasteiger charge is 2.32. The van der Waals surface area contributed by atoms with E-state index >= 15 is 0 Å². The molecular weight excluding hydrogens is 418 g/mol. The molecule has 2 heterocycles. The first-order chi connectivity index (χ1) is 15.0. The van der Waals surface area contributed by atoms with E-state index in [1.807, 2.05) is 18.2 Å². The molecule has 1 aliphatic heterocycles. The normalized spacial score (nSPS) is 14.7. The summed E-state index contributed by atoms with van der Waals surface area (Å²) in [6.07, 6.45) is 1.43. The number of fused-ring (bicyclic) bond motifs is 1. The zero-order chi connectivity index (χ0) is 22.0. The smallest absolute Gasteiger partial charge is 0.356 e. The lowest BCUT2D eigenvalue weighted by Gasteiger charge is -2.11. The predicted molar refractivity (Wildman–Crippen MR) is 115 cm³/mol. The molecular formula is C23H19NO6S. The van der Waals surface area contributed by atoms with E-state index in [-0.39, 0.29) is 5.69 Å². The summed E-state index contributed by atoms with van der Waals surface area (Å²) in [6.45, 7) is 0. The average Bonchev–Trinajstić information content (AvgIpc) is 3.09. The predicted octanol–water partition coefficient (Wildman–Crippen LogP) is 3.91. The maximum Gasteiger partial charge on any atom is 0.356 e. The lowest BCUT2D eigenvalue weighted by Crippen LogP contribution is -2.04. The zero-order valence-corrected chi connectivity index (χ0v) is 17.9. The van der Waals surface area contributed by atoms with E-state index in [0.29, 0.717) is 38.4 Å². The summed E-state index contributed by atoms with van der Waals surface area (Å²) in [5.74, 6) is 1.61. The van der Waals surface area contributed by atoms with Crippen LogP contribution in [0, 0.1) is 0 Å². The van der Waals surface area contributed by atoms with E-state index in [9.17, 15) is 9.00 Å². The van der Waals surface area contributed by atoms with Crippen molar-refractivity contribution in [2.75, 3.05) is 21.3 Å². The third-order valence-corrected chi connectivity index (χ3v) is 6.26. The van der Waals surface area contributed by atoms with Crippen LogP contribution in [0.5, 0.6) is 17.2 Å². The summed E-state index contributed by atoms with van der Waals surface area (Å²) in [6, 6.07) is 15.7. The molecule has 2 aromatic carbocycles. The molecule has 1 unspecified atom stereocenters. The molecule has 0 spiro atoms. The van der Waals surface area contributed by atoms with Crippen LogP contribution in [-0.4, -0.2) is 36.5 Å². The largest absolute Gasteiger partial charge is 0.497 e. The molecule has 0 aliphatic carbocycles. The summed E-state index contributed by atoms with van der Waals surface area (Å²) in [5.41, 5.74) is 1.60. The SMILES string of the molecule is COC(=O)c1ccc(OC2=C(c3ccc(OC)cc3)S(=O)c3cc(OC)ccc32)cn1. The van der Waals surface area contributed by atoms with Crippen LogP contribution < -0.4 is 14.2 Å². The Kier molecular flexibility index (Phi) is 5.73. The average molecular weight is 437 g/mol. The van der Waals surface area contributed by atoms with E-state index < -0.39 is 16.8 Å². The standard InChI is InChI=1S/C23H19NO6S/c1-27-15-6-4-14(5-7-15)22-21(18-10-8-16(28-2)12-20(18)31(22)26)30-17-9-11-19(24-13-17)23(25)29-3/h4-13H,1-3H3. The van der Waals surface area contributed by atoms with Crippen molar-refractivity contribution in [3.05, 3.63) is 77.6 Å². The van der Waals surface area contributed by atoms with Crippen LogP contribution in [0.2, 0.25) is 0 Å². The molecule has 1 aromatic heterocycles. The van der Waals surface area contributed by atoms with E-state index in [1.165, 1.54) is 19.4 Å². The Morgan fingerprint density at radius 2 is 1.55 bits per heavy atom. The third-order valence-electron chi connectivity index (χ3n) is 4.73. The Hall–Kier alpha value is -3.65. The van der Waals surface area contributed by atoms with Crippen LogP contribution in [0.25, 0.3) is 10.7 Å². The summed E-state index contributed by atoms with van der Waals surface area (Å²) in [5, 5.41) is 0. The molecule has 0 saturated carbocycles. The number of carbonyl (C=O) groups excluding carboxylic acids is 1. The van der Waals surface area contributed by atoms with Crippen LogP contribution in [0.4, 0.5) is 0 Å². The third kappa shape index (κ3) is 3.89. The Morgan fingerprint density at radius 3 is 2.16 bits per heavy atom. The second kappa shape index (κ2) is 8.61. The van der Waals surface area contributed by atoms with Crippen LogP contribution in [0.3, 0.4) is 0 Å². The van der Waals surface area contributed by atoms with Gasteiger partial charge >= 0.3 is 5.97 Å². The van der Waals surface area contributed by atoms with Crippen molar-refractivity contribution in [3.8, 4) is 17.2 Å². The van der Waals surface area contributed by atoms with E-state index in [4.69, 9.17) is 14.2 Å². The maximum atomic E-state index is 13.4. The minimum atomic E-state index is -1.48. The molecule has 4 rings (SSSR count). The van der Waals surface area contributed by atoms with Crippen LogP contribution in [-0.2, 0) is 15.5 Å². The van der Waals surface area contributed by atoms with Crippen molar-refractivity contribution < 1.29 is 28.0 Å². The minimum Gasteiger partial charge on any atom is -0.497 e. The van der Waals surface area contributed by atoms with Gasteiger partial charge in [0.15, 0.2) is 5.76 Å². The Morgan fingerprint density at radius 1 is 0.871 bits per heavy atom. The number of carbonyl (C=O) groups is 1. The fourth-order valence-corrected chi connectivity index (χ4v) is 4.63. The molecule has 0 radical (unpaired) electrons. The van der Waals surface area contributed by atoms with Crippen molar-refractivity contribution in [3.63, 3.8) is 0 Å². The molecule has 0 fully saturated rings. The Labute approximate surface area is 181 Å². The van der Waals surface area contributed by atoms with Gasteiger partial charge in [0.1, 0.15) is 22.9 Å². The number of esters is 1. The quantitative estimate of drug-likeness (QED) is 0.541. The van der Waals surface area contributed by atoms with Crippen LogP contribution in [0.15, 0.2) is 65.7 Å². The lowest BCUT2D eigenvalue weighted by atomic mass is 10.1. The van der Waals surface area contributed by atoms with Gasteiger partial charge in [-0.15, -0.1) is 0 Å². The van der Waals surface area contributed by atoms with E-state index in [1.54, 1.807) is 44.6 Å². The highest BCUT2D eigenvalue weighted by atomic mass is 32.2. The first-order valence-corrected chi connectivity index (χ1v) is 10.4. The van der Waals surface area contributed by atoms with Gasteiger partial charge < -0.3 is 18.9 Å².